The van der Waals surface area contributed by atoms with Crippen LogP contribution >= 0.6 is 0 Å². The van der Waals surface area contributed by atoms with Gasteiger partial charge in [0.1, 0.15) is 5.75 Å². The summed E-state index contributed by atoms with van der Waals surface area (Å²) < 4.78 is 36.2. The largest absolute Gasteiger partial charge is 0.497 e. The molecule has 3 atom stereocenters. The predicted octanol–water partition coefficient (Wildman–Crippen LogP) is 4.84. The quantitative estimate of drug-likeness (QED) is 0.325. The number of benzene rings is 2. The standard InChI is InChI=1S/C39H53N5O6S/c1-37-21-42(5)22-38(2,35(37)46)24-43(23-37)36(47)39(18-19-39)25-44-31-20-28(34(45)40-51(48,49)41(3)4)14-17-30(31)32(26-10-8-7-9-11-26)33(44)27-12-15-29(50-6)16-13-27/h12-17,20,26,35,46H,7-11,18-19,21-25H2,1-6H3,(H,40,45)/t35?,37-,38+. The number of aromatic nitrogens is 1. The molecule has 0 radical (unpaired) electrons. The number of aliphatic hydroxyl groups is 1. The maximum Gasteiger partial charge on any atom is 0.303 e. The minimum atomic E-state index is -4.00. The Balaban J connectivity index is 1.36. The number of amides is 2. The molecule has 2 aromatic carbocycles. The van der Waals surface area contributed by atoms with Gasteiger partial charge in [0.05, 0.1) is 24.3 Å². The normalized spacial score (nSPS) is 26.7. The number of ether oxygens (including phenoxy) is 1. The number of hydrogen-bond donors (Lipinski definition) is 2. The first-order valence-electron chi connectivity index (χ1n) is 18.3. The molecule has 1 unspecified atom stereocenters. The smallest absolute Gasteiger partial charge is 0.303 e. The molecular weight excluding hydrogens is 667 g/mol. The van der Waals surface area contributed by atoms with Gasteiger partial charge in [-0.15, -0.1) is 0 Å². The van der Waals surface area contributed by atoms with Gasteiger partial charge in [0.25, 0.3) is 5.91 Å². The van der Waals surface area contributed by atoms with Crippen molar-refractivity contribution in [1.29, 1.82) is 0 Å². The number of carbonyl (C=O) groups excluding carboxylic acids is 2. The summed E-state index contributed by atoms with van der Waals surface area (Å²) in [5.74, 6) is 0.481. The van der Waals surface area contributed by atoms with Crippen molar-refractivity contribution >= 4 is 32.9 Å². The molecule has 2 N–H and O–H groups in total. The van der Waals surface area contributed by atoms with Crippen molar-refractivity contribution in [3.05, 3.63) is 53.6 Å². The van der Waals surface area contributed by atoms with Crippen LogP contribution in [0, 0.1) is 16.2 Å². The average molecular weight is 720 g/mol. The van der Waals surface area contributed by atoms with E-state index in [1.807, 2.05) is 23.1 Å². The van der Waals surface area contributed by atoms with E-state index in [0.29, 0.717) is 25.6 Å². The number of piperidine rings is 2. The predicted molar refractivity (Wildman–Crippen MR) is 198 cm³/mol. The number of methoxy groups -OCH3 is 1. The number of rotatable bonds is 9. The summed E-state index contributed by atoms with van der Waals surface area (Å²) in [5, 5.41) is 12.5. The first-order chi connectivity index (χ1) is 24.1. The molecule has 2 amide bonds. The fourth-order valence-electron chi connectivity index (χ4n) is 9.69. The number of carbonyl (C=O) groups is 2. The SMILES string of the molecule is COc1ccc(-c2c(C3CCCCC3)c3ccc(C(=O)NS(=O)(=O)N(C)C)cc3n2CC2(C(=O)N3C[C@]4(C)CN(C)C[C@](C)(C3)C4O)CC2)cc1. The van der Waals surface area contributed by atoms with Gasteiger partial charge in [-0.3, -0.25) is 9.59 Å². The fraction of sp³-hybridized carbons (Fsp3) is 0.590. The van der Waals surface area contributed by atoms with Gasteiger partial charge < -0.3 is 24.2 Å². The zero-order valence-corrected chi connectivity index (χ0v) is 31.7. The van der Waals surface area contributed by atoms with E-state index < -0.39 is 38.5 Å². The van der Waals surface area contributed by atoms with E-state index in [4.69, 9.17) is 4.74 Å². The molecule has 2 aliphatic heterocycles. The van der Waals surface area contributed by atoms with E-state index in [1.165, 1.54) is 26.1 Å². The van der Waals surface area contributed by atoms with Gasteiger partial charge in [-0.2, -0.15) is 12.7 Å². The van der Waals surface area contributed by atoms with Crippen molar-refractivity contribution in [2.45, 2.75) is 77.4 Å². The Bertz CT molecular complexity index is 1930. The van der Waals surface area contributed by atoms with E-state index in [1.54, 1.807) is 19.2 Å². The molecule has 276 valence electrons. The molecule has 2 saturated carbocycles. The van der Waals surface area contributed by atoms with E-state index >= 15 is 0 Å². The number of hydrogen-bond acceptors (Lipinski definition) is 7. The van der Waals surface area contributed by atoms with Crippen LogP contribution in [-0.4, -0.2) is 105 Å². The third-order valence-electron chi connectivity index (χ3n) is 12.2. The number of likely N-dealkylation sites (tertiary alicyclic amines) is 2. The van der Waals surface area contributed by atoms with E-state index in [9.17, 15) is 23.1 Å². The number of fused-ring (bicyclic) bond motifs is 3. The van der Waals surface area contributed by atoms with Crippen molar-refractivity contribution in [2.75, 3.05) is 54.4 Å². The first kappa shape index (κ1) is 35.9. The summed E-state index contributed by atoms with van der Waals surface area (Å²) in [5.41, 5.74) is 2.86. The lowest BCUT2D eigenvalue weighted by atomic mass is 9.63. The Labute approximate surface area is 302 Å². The van der Waals surface area contributed by atoms with Crippen LogP contribution < -0.4 is 9.46 Å². The highest BCUT2D eigenvalue weighted by atomic mass is 32.2. The van der Waals surface area contributed by atoms with Gasteiger partial charge in [-0.25, -0.2) is 4.72 Å². The Morgan fingerprint density at radius 3 is 2.16 bits per heavy atom. The Kier molecular flexibility index (Phi) is 9.08. The topological polar surface area (TPSA) is 124 Å². The summed E-state index contributed by atoms with van der Waals surface area (Å²) in [6.07, 6.45) is 6.59. The lowest BCUT2D eigenvalue weighted by molar-refractivity contribution is -0.182. The number of nitrogens with zero attached hydrogens (tertiary/aromatic N) is 4. The Hall–Kier alpha value is -3.45. The third kappa shape index (κ3) is 6.36. The molecule has 2 bridgehead atoms. The summed E-state index contributed by atoms with van der Waals surface area (Å²) in [6.45, 7) is 7.10. The maximum atomic E-state index is 14.8. The highest BCUT2D eigenvalue weighted by molar-refractivity contribution is 7.87. The van der Waals surface area contributed by atoms with Crippen LogP contribution in [0.3, 0.4) is 0 Å². The zero-order valence-electron chi connectivity index (χ0n) is 30.9. The molecule has 2 saturated heterocycles. The Morgan fingerprint density at radius 1 is 0.961 bits per heavy atom. The average Bonchev–Trinajstić information content (AvgIpc) is 3.81. The molecule has 1 aromatic heterocycles. The number of nitrogens with one attached hydrogen (secondary N) is 1. The van der Waals surface area contributed by atoms with E-state index in [-0.39, 0.29) is 11.5 Å². The van der Waals surface area contributed by atoms with Crippen LogP contribution in [0.25, 0.3) is 22.2 Å². The van der Waals surface area contributed by atoms with Crippen molar-refractivity contribution in [3.8, 4) is 17.0 Å². The molecule has 4 aliphatic rings. The van der Waals surface area contributed by atoms with Crippen LogP contribution in [-0.2, 0) is 21.5 Å². The monoisotopic (exact) mass is 719 g/mol. The van der Waals surface area contributed by atoms with Crippen LogP contribution in [0.4, 0.5) is 0 Å². The second-order valence-electron chi connectivity index (χ2n) is 16.7. The van der Waals surface area contributed by atoms with Gasteiger partial charge in [-0.05, 0) is 86.2 Å². The zero-order chi connectivity index (χ0) is 36.5. The van der Waals surface area contributed by atoms with Gasteiger partial charge in [0, 0.05) is 74.1 Å². The summed E-state index contributed by atoms with van der Waals surface area (Å²) in [4.78, 5) is 32.6. The van der Waals surface area contributed by atoms with Gasteiger partial charge in [0.15, 0.2) is 0 Å². The molecule has 12 heteroatoms. The highest BCUT2D eigenvalue weighted by Crippen LogP contribution is 2.54. The summed E-state index contributed by atoms with van der Waals surface area (Å²) in [6, 6.07) is 13.5. The maximum absolute atomic E-state index is 14.8. The van der Waals surface area contributed by atoms with Crippen LogP contribution in [0.5, 0.6) is 5.75 Å². The van der Waals surface area contributed by atoms with E-state index in [0.717, 1.165) is 83.8 Å². The number of aliphatic hydroxyl groups excluding tert-OH is 1. The van der Waals surface area contributed by atoms with Crippen molar-refractivity contribution in [1.82, 2.24) is 23.4 Å². The summed E-state index contributed by atoms with van der Waals surface area (Å²) >= 11 is 0. The Morgan fingerprint density at radius 2 is 1.59 bits per heavy atom. The lowest BCUT2D eigenvalue weighted by Crippen LogP contribution is -2.70. The van der Waals surface area contributed by atoms with E-state index in [2.05, 4.69) is 47.2 Å². The van der Waals surface area contributed by atoms with Gasteiger partial charge >= 0.3 is 10.2 Å². The molecule has 7 rings (SSSR count). The molecule has 0 spiro atoms. The molecule has 3 heterocycles. The highest BCUT2D eigenvalue weighted by Gasteiger charge is 2.60. The van der Waals surface area contributed by atoms with Crippen LogP contribution in [0.2, 0.25) is 0 Å². The molecule has 2 aliphatic carbocycles. The van der Waals surface area contributed by atoms with Crippen molar-refractivity contribution in [2.24, 2.45) is 16.2 Å². The van der Waals surface area contributed by atoms with Gasteiger partial charge in [0.2, 0.25) is 5.91 Å². The first-order valence-corrected chi connectivity index (χ1v) is 19.7. The molecule has 51 heavy (non-hydrogen) atoms. The fourth-order valence-corrected chi connectivity index (χ4v) is 10.2. The third-order valence-corrected chi connectivity index (χ3v) is 13.6. The second-order valence-corrected chi connectivity index (χ2v) is 18.6. The molecule has 3 aromatic rings. The minimum absolute atomic E-state index is 0.129. The molecule has 4 fully saturated rings. The molecular formula is C39H53N5O6S. The molecule has 11 nitrogen and oxygen atoms in total. The van der Waals surface area contributed by atoms with Gasteiger partial charge in [-0.1, -0.05) is 39.2 Å². The van der Waals surface area contributed by atoms with Crippen LogP contribution in [0.1, 0.15) is 80.6 Å². The van der Waals surface area contributed by atoms with Crippen molar-refractivity contribution < 1.29 is 27.9 Å². The van der Waals surface area contributed by atoms with Crippen LogP contribution in [0.15, 0.2) is 42.5 Å². The lowest BCUT2D eigenvalue weighted by Gasteiger charge is -2.59. The minimum Gasteiger partial charge on any atom is -0.497 e. The second kappa shape index (κ2) is 12.9. The summed E-state index contributed by atoms with van der Waals surface area (Å²) in [7, 11) is 2.50. The van der Waals surface area contributed by atoms with Crippen molar-refractivity contribution in [3.63, 3.8) is 0 Å².